The normalized spacial score (nSPS) is 10.0. The minimum Gasteiger partial charge on any atom is -0.494 e. The fourth-order valence-electron chi connectivity index (χ4n) is 1.58. The smallest absolute Gasteiger partial charge is 0.258 e. The molecule has 0 saturated heterocycles. The van der Waals surface area contributed by atoms with Gasteiger partial charge in [-0.3, -0.25) is 4.79 Å². The van der Waals surface area contributed by atoms with Crippen LogP contribution in [-0.4, -0.2) is 17.5 Å². The van der Waals surface area contributed by atoms with Crippen molar-refractivity contribution < 1.29 is 9.53 Å². The van der Waals surface area contributed by atoms with E-state index in [-0.39, 0.29) is 11.1 Å². The zero-order valence-corrected chi connectivity index (χ0v) is 11.1. The standard InChI is InChI=1S/C14H13ClN2O2/c1-2-19-11-6-3-5-10(9-11)17-14(18)12-7-4-8-16-13(12)15/h3-9H,2H2,1H3,(H,17,18). The number of benzene rings is 1. The quantitative estimate of drug-likeness (QED) is 0.871. The van der Waals surface area contributed by atoms with Crippen molar-refractivity contribution >= 4 is 23.2 Å². The Morgan fingerprint density at radius 3 is 2.95 bits per heavy atom. The second-order valence-electron chi connectivity index (χ2n) is 3.76. The van der Waals surface area contributed by atoms with Crippen LogP contribution in [0.5, 0.6) is 5.75 Å². The first-order chi connectivity index (χ1) is 9.20. The Bertz CT molecular complexity index is 587. The fraction of sp³-hybridized carbons (Fsp3) is 0.143. The third-order valence-electron chi connectivity index (χ3n) is 2.41. The summed E-state index contributed by atoms with van der Waals surface area (Å²) in [7, 11) is 0. The average molecular weight is 277 g/mol. The van der Waals surface area contributed by atoms with Crippen molar-refractivity contribution in [2.45, 2.75) is 6.92 Å². The second-order valence-corrected chi connectivity index (χ2v) is 4.11. The Morgan fingerprint density at radius 2 is 2.21 bits per heavy atom. The van der Waals surface area contributed by atoms with Crippen LogP contribution < -0.4 is 10.1 Å². The average Bonchev–Trinajstić information content (AvgIpc) is 2.40. The number of nitrogens with one attached hydrogen (secondary N) is 1. The molecule has 2 aromatic rings. The van der Waals surface area contributed by atoms with E-state index in [1.807, 2.05) is 19.1 Å². The molecule has 1 amide bonds. The van der Waals surface area contributed by atoms with Gasteiger partial charge in [0, 0.05) is 18.0 Å². The number of carbonyl (C=O) groups is 1. The predicted molar refractivity (Wildman–Crippen MR) is 74.8 cm³/mol. The van der Waals surface area contributed by atoms with Crippen molar-refractivity contribution in [3.63, 3.8) is 0 Å². The molecule has 5 heteroatoms. The van der Waals surface area contributed by atoms with Crippen molar-refractivity contribution in [3.05, 3.63) is 53.3 Å². The Morgan fingerprint density at radius 1 is 1.37 bits per heavy atom. The number of anilines is 1. The number of aromatic nitrogens is 1. The van der Waals surface area contributed by atoms with E-state index in [9.17, 15) is 4.79 Å². The number of carbonyl (C=O) groups excluding carboxylic acids is 1. The first-order valence-corrected chi connectivity index (χ1v) is 6.23. The lowest BCUT2D eigenvalue weighted by Gasteiger charge is -2.08. The number of amides is 1. The number of halogens is 1. The zero-order chi connectivity index (χ0) is 13.7. The Hall–Kier alpha value is -2.07. The molecule has 0 aliphatic rings. The Kier molecular flexibility index (Phi) is 4.36. The van der Waals surface area contributed by atoms with Crippen LogP contribution >= 0.6 is 11.6 Å². The summed E-state index contributed by atoms with van der Waals surface area (Å²) >= 11 is 5.87. The molecule has 1 heterocycles. The van der Waals surface area contributed by atoms with E-state index >= 15 is 0 Å². The van der Waals surface area contributed by atoms with Crippen molar-refractivity contribution in [1.82, 2.24) is 4.98 Å². The van der Waals surface area contributed by atoms with Crippen LogP contribution in [0.3, 0.4) is 0 Å². The third-order valence-corrected chi connectivity index (χ3v) is 2.71. The molecule has 2 rings (SSSR count). The van der Waals surface area contributed by atoms with E-state index in [4.69, 9.17) is 16.3 Å². The van der Waals surface area contributed by atoms with Crippen LogP contribution in [0.2, 0.25) is 5.15 Å². The van der Waals surface area contributed by atoms with Gasteiger partial charge in [0.15, 0.2) is 0 Å². The molecule has 1 aromatic carbocycles. The van der Waals surface area contributed by atoms with Gasteiger partial charge in [0.05, 0.1) is 12.2 Å². The molecule has 0 unspecified atom stereocenters. The van der Waals surface area contributed by atoms with E-state index in [0.717, 1.165) is 0 Å². The molecular formula is C14H13ClN2O2. The summed E-state index contributed by atoms with van der Waals surface area (Å²) in [5.41, 5.74) is 0.988. The maximum absolute atomic E-state index is 12.0. The number of pyridine rings is 1. The first kappa shape index (κ1) is 13.4. The van der Waals surface area contributed by atoms with Gasteiger partial charge >= 0.3 is 0 Å². The van der Waals surface area contributed by atoms with Gasteiger partial charge in [0.25, 0.3) is 5.91 Å². The van der Waals surface area contributed by atoms with E-state index in [2.05, 4.69) is 10.3 Å². The maximum Gasteiger partial charge on any atom is 0.258 e. The van der Waals surface area contributed by atoms with Gasteiger partial charge in [-0.2, -0.15) is 0 Å². The van der Waals surface area contributed by atoms with Gasteiger partial charge in [-0.25, -0.2) is 4.98 Å². The summed E-state index contributed by atoms with van der Waals surface area (Å²) in [4.78, 5) is 15.9. The van der Waals surface area contributed by atoms with Gasteiger partial charge in [0.1, 0.15) is 10.9 Å². The van der Waals surface area contributed by atoms with Crippen molar-refractivity contribution in [2.75, 3.05) is 11.9 Å². The molecule has 0 aliphatic heterocycles. The van der Waals surface area contributed by atoms with Crippen molar-refractivity contribution in [1.29, 1.82) is 0 Å². The van der Waals surface area contributed by atoms with Crippen molar-refractivity contribution in [2.24, 2.45) is 0 Å². The molecule has 0 spiro atoms. The lowest BCUT2D eigenvalue weighted by molar-refractivity contribution is 0.102. The number of hydrogen-bond donors (Lipinski definition) is 1. The zero-order valence-electron chi connectivity index (χ0n) is 10.4. The molecule has 0 bridgehead atoms. The lowest BCUT2D eigenvalue weighted by atomic mass is 10.2. The number of nitrogens with zero attached hydrogens (tertiary/aromatic N) is 1. The second kappa shape index (κ2) is 6.20. The fourth-order valence-corrected chi connectivity index (χ4v) is 1.79. The van der Waals surface area contributed by atoms with Gasteiger partial charge in [-0.1, -0.05) is 17.7 Å². The topological polar surface area (TPSA) is 51.2 Å². The number of rotatable bonds is 4. The molecule has 0 atom stereocenters. The minimum absolute atomic E-state index is 0.181. The molecule has 1 N–H and O–H groups in total. The van der Waals surface area contributed by atoms with Crippen LogP contribution in [0.4, 0.5) is 5.69 Å². The van der Waals surface area contributed by atoms with Crippen LogP contribution in [0.25, 0.3) is 0 Å². The van der Waals surface area contributed by atoms with Crippen LogP contribution in [0.1, 0.15) is 17.3 Å². The van der Waals surface area contributed by atoms with E-state index in [1.54, 1.807) is 24.3 Å². The first-order valence-electron chi connectivity index (χ1n) is 5.85. The summed E-state index contributed by atoms with van der Waals surface area (Å²) < 4.78 is 5.37. The van der Waals surface area contributed by atoms with E-state index < -0.39 is 0 Å². The molecular weight excluding hydrogens is 264 g/mol. The highest BCUT2D eigenvalue weighted by molar-refractivity contribution is 6.33. The highest BCUT2D eigenvalue weighted by atomic mass is 35.5. The van der Waals surface area contributed by atoms with Gasteiger partial charge in [0.2, 0.25) is 0 Å². The van der Waals surface area contributed by atoms with Gasteiger partial charge < -0.3 is 10.1 Å². The summed E-state index contributed by atoms with van der Waals surface area (Å²) in [5, 5.41) is 2.94. The monoisotopic (exact) mass is 276 g/mol. The molecule has 19 heavy (non-hydrogen) atoms. The molecule has 4 nitrogen and oxygen atoms in total. The summed E-state index contributed by atoms with van der Waals surface area (Å²) in [6.45, 7) is 2.48. The number of hydrogen-bond acceptors (Lipinski definition) is 3. The van der Waals surface area contributed by atoms with Gasteiger partial charge in [-0.05, 0) is 31.2 Å². The number of ether oxygens (including phenoxy) is 1. The maximum atomic E-state index is 12.0. The lowest BCUT2D eigenvalue weighted by Crippen LogP contribution is -2.12. The van der Waals surface area contributed by atoms with Crippen molar-refractivity contribution in [3.8, 4) is 5.75 Å². The van der Waals surface area contributed by atoms with Crippen LogP contribution in [-0.2, 0) is 0 Å². The third kappa shape index (κ3) is 3.45. The molecule has 0 fully saturated rings. The molecule has 0 radical (unpaired) electrons. The predicted octanol–water partition coefficient (Wildman–Crippen LogP) is 3.39. The van der Waals surface area contributed by atoms with E-state index in [1.165, 1.54) is 6.20 Å². The Labute approximate surface area is 116 Å². The highest BCUT2D eigenvalue weighted by Gasteiger charge is 2.10. The molecule has 98 valence electrons. The summed E-state index contributed by atoms with van der Waals surface area (Å²) in [5.74, 6) is 0.407. The van der Waals surface area contributed by atoms with E-state index in [0.29, 0.717) is 23.6 Å². The largest absolute Gasteiger partial charge is 0.494 e. The molecule has 0 aliphatic carbocycles. The molecule has 1 aromatic heterocycles. The summed E-state index contributed by atoms with van der Waals surface area (Å²) in [6.07, 6.45) is 1.54. The Balaban J connectivity index is 2.15. The SMILES string of the molecule is CCOc1cccc(NC(=O)c2cccnc2Cl)c1. The summed E-state index contributed by atoms with van der Waals surface area (Å²) in [6, 6.07) is 10.5. The van der Waals surface area contributed by atoms with Crippen LogP contribution in [0, 0.1) is 0 Å². The van der Waals surface area contributed by atoms with Gasteiger partial charge in [-0.15, -0.1) is 0 Å². The minimum atomic E-state index is -0.299. The van der Waals surface area contributed by atoms with Crippen LogP contribution in [0.15, 0.2) is 42.6 Å². The molecule has 0 saturated carbocycles. The highest BCUT2D eigenvalue weighted by Crippen LogP contribution is 2.19.